The van der Waals surface area contributed by atoms with E-state index >= 15 is 0 Å². The van der Waals surface area contributed by atoms with Gasteiger partial charge < -0.3 is 4.90 Å². The highest BCUT2D eigenvalue weighted by Gasteiger charge is 2.38. The van der Waals surface area contributed by atoms with Crippen LogP contribution in [0.4, 0.5) is 0 Å². The lowest BCUT2D eigenvalue weighted by Gasteiger charge is -2.48. The number of nitrogens with zero attached hydrogens (tertiary/aromatic N) is 1. The molecule has 1 saturated carbocycles. The van der Waals surface area contributed by atoms with Crippen molar-refractivity contribution in [3.05, 3.63) is 0 Å². The average Bonchev–Trinajstić information content (AvgIpc) is 1.80. The van der Waals surface area contributed by atoms with Gasteiger partial charge >= 0.3 is 0 Å². The molecule has 1 nitrogen and oxygen atoms in total. The lowest BCUT2D eigenvalue weighted by molar-refractivity contribution is 0.0252. The quantitative estimate of drug-likeness (QED) is 0.592. The molecule has 0 spiro atoms. The molecule has 1 rings (SSSR count). The van der Waals surface area contributed by atoms with Gasteiger partial charge in [-0.05, 0) is 39.2 Å². The Hall–Kier alpha value is -0.0400. The van der Waals surface area contributed by atoms with Crippen molar-refractivity contribution in [3.8, 4) is 0 Å². The van der Waals surface area contributed by atoms with Gasteiger partial charge in [0.2, 0.25) is 0 Å². The van der Waals surface area contributed by atoms with E-state index in [1.54, 1.807) is 0 Å². The molecule has 11 heavy (non-hydrogen) atoms. The lowest BCUT2D eigenvalue weighted by Crippen LogP contribution is -2.49. The molecule has 0 aromatic rings. The molecule has 0 aliphatic heterocycles. The summed E-state index contributed by atoms with van der Waals surface area (Å²) in [5.74, 6) is 0. The van der Waals surface area contributed by atoms with Crippen LogP contribution in [0.2, 0.25) is 0 Å². The highest BCUT2D eigenvalue weighted by Crippen LogP contribution is 2.42. The molecule has 0 atom stereocenters. The van der Waals surface area contributed by atoms with Crippen LogP contribution in [0.5, 0.6) is 0 Å². The van der Waals surface area contributed by atoms with E-state index in [1.807, 2.05) is 0 Å². The largest absolute Gasteiger partial charge is 0.301 e. The van der Waals surface area contributed by atoms with Crippen molar-refractivity contribution in [2.75, 3.05) is 7.05 Å². The summed E-state index contributed by atoms with van der Waals surface area (Å²) in [5, 5.41) is 0. The third kappa shape index (κ3) is 1.96. The van der Waals surface area contributed by atoms with E-state index in [-0.39, 0.29) is 0 Å². The SMILES string of the molecule is CC(C)N(C)C1CC(C)(C)C1. The summed E-state index contributed by atoms with van der Waals surface area (Å²) in [6, 6.07) is 1.56. The van der Waals surface area contributed by atoms with E-state index in [4.69, 9.17) is 0 Å². The molecule has 0 N–H and O–H groups in total. The van der Waals surface area contributed by atoms with Crippen molar-refractivity contribution in [1.82, 2.24) is 4.90 Å². The predicted molar refractivity (Wildman–Crippen MR) is 49.7 cm³/mol. The van der Waals surface area contributed by atoms with Crippen molar-refractivity contribution in [2.45, 2.75) is 52.6 Å². The van der Waals surface area contributed by atoms with Crippen LogP contribution in [0.15, 0.2) is 0 Å². The summed E-state index contributed by atoms with van der Waals surface area (Å²) in [6.07, 6.45) is 2.75. The predicted octanol–water partition coefficient (Wildman–Crippen LogP) is 2.52. The number of hydrogen-bond acceptors (Lipinski definition) is 1. The maximum Gasteiger partial charge on any atom is 0.0105 e. The Morgan fingerprint density at radius 3 is 2.00 bits per heavy atom. The minimum Gasteiger partial charge on any atom is -0.301 e. The fourth-order valence-corrected chi connectivity index (χ4v) is 1.93. The third-order valence-corrected chi connectivity index (χ3v) is 2.97. The smallest absolute Gasteiger partial charge is 0.0105 e. The van der Waals surface area contributed by atoms with Crippen molar-refractivity contribution in [2.24, 2.45) is 5.41 Å². The fraction of sp³-hybridized carbons (Fsp3) is 1.00. The van der Waals surface area contributed by atoms with Crippen LogP contribution < -0.4 is 0 Å². The summed E-state index contributed by atoms with van der Waals surface area (Å²) < 4.78 is 0. The van der Waals surface area contributed by atoms with E-state index < -0.39 is 0 Å². The third-order valence-electron chi connectivity index (χ3n) is 2.97. The standard InChI is InChI=1S/C10H21N/c1-8(2)11(5)9-6-10(3,4)7-9/h8-9H,6-7H2,1-5H3. The number of hydrogen-bond donors (Lipinski definition) is 0. The Morgan fingerprint density at radius 2 is 1.73 bits per heavy atom. The van der Waals surface area contributed by atoms with E-state index in [2.05, 4.69) is 39.6 Å². The van der Waals surface area contributed by atoms with Crippen molar-refractivity contribution in [3.63, 3.8) is 0 Å². The highest BCUT2D eigenvalue weighted by molar-refractivity contribution is 4.92. The van der Waals surface area contributed by atoms with Gasteiger partial charge in [-0.3, -0.25) is 0 Å². The number of rotatable bonds is 2. The summed E-state index contributed by atoms with van der Waals surface area (Å²) in [6.45, 7) is 9.26. The van der Waals surface area contributed by atoms with Gasteiger partial charge in [0.05, 0.1) is 0 Å². The van der Waals surface area contributed by atoms with Crippen LogP contribution in [0.3, 0.4) is 0 Å². The lowest BCUT2D eigenvalue weighted by atomic mass is 9.68. The maximum atomic E-state index is 2.49. The second-order valence-corrected chi connectivity index (χ2v) is 4.99. The first-order valence-corrected chi connectivity index (χ1v) is 4.64. The van der Waals surface area contributed by atoms with Gasteiger partial charge in [0, 0.05) is 12.1 Å². The molecule has 0 unspecified atom stereocenters. The molecule has 0 amide bonds. The molecule has 1 heteroatoms. The Kier molecular flexibility index (Phi) is 2.29. The topological polar surface area (TPSA) is 3.24 Å². The van der Waals surface area contributed by atoms with Gasteiger partial charge in [0.1, 0.15) is 0 Å². The first-order chi connectivity index (χ1) is 4.92. The molecule has 66 valence electrons. The second-order valence-electron chi connectivity index (χ2n) is 4.99. The van der Waals surface area contributed by atoms with Crippen LogP contribution in [0.25, 0.3) is 0 Å². The molecule has 0 radical (unpaired) electrons. The molecule has 1 fully saturated rings. The summed E-state index contributed by atoms with van der Waals surface area (Å²) in [7, 11) is 2.24. The fourth-order valence-electron chi connectivity index (χ4n) is 1.93. The van der Waals surface area contributed by atoms with Gasteiger partial charge in [0.25, 0.3) is 0 Å². The summed E-state index contributed by atoms with van der Waals surface area (Å²) >= 11 is 0. The van der Waals surface area contributed by atoms with E-state index in [1.165, 1.54) is 12.8 Å². The van der Waals surface area contributed by atoms with Crippen LogP contribution in [0, 0.1) is 5.41 Å². The van der Waals surface area contributed by atoms with E-state index in [0.29, 0.717) is 11.5 Å². The van der Waals surface area contributed by atoms with Crippen LogP contribution in [-0.4, -0.2) is 24.0 Å². The van der Waals surface area contributed by atoms with Gasteiger partial charge in [-0.25, -0.2) is 0 Å². The molecular formula is C10H21N. The monoisotopic (exact) mass is 155 g/mol. The molecule has 0 heterocycles. The zero-order chi connectivity index (χ0) is 8.65. The Labute approximate surface area is 70.8 Å². The summed E-state index contributed by atoms with van der Waals surface area (Å²) in [4.78, 5) is 2.49. The van der Waals surface area contributed by atoms with Crippen molar-refractivity contribution in [1.29, 1.82) is 0 Å². The van der Waals surface area contributed by atoms with Crippen LogP contribution >= 0.6 is 0 Å². The molecule has 1 aliphatic carbocycles. The summed E-state index contributed by atoms with van der Waals surface area (Å²) in [5.41, 5.74) is 0.619. The van der Waals surface area contributed by atoms with Crippen molar-refractivity contribution < 1.29 is 0 Å². The van der Waals surface area contributed by atoms with Crippen LogP contribution in [-0.2, 0) is 0 Å². The molecule has 0 bridgehead atoms. The van der Waals surface area contributed by atoms with Gasteiger partial charge in [-0.2, -0.15) is 0 Å². The van der Waals surface area contributed by atoms with Gasteiger partial charge in [-0.15, -0.1) is 0 Å². The van der Waals surface area contributed by atoms with Gasteiger partial charge in [0.15, 0.2) is 0 Å². The molecule has 0 aromatic heterocycles. The Balaban J connectivity index is 2.32. The first kappa shape index (κ1) is 9.05. The molecular weight excluding hydrogens is 134 g/mol. The van der Waals surface area contributed by atoms with E-state index in [0.717, 1.165) is 6.04 Å². The maximum absolute atomic E-state index is 2.49. The minimum atomic E-state index is 0.619. The van der Waals surface area contributed by atoms with Crippen molar-refractivity contribution >= 4 is 0 Å². The minimum absolute atomic E-state index is 0.619. The Morgan fingerprint density at radius 1 is 1.27 bits per heavy atom. The highest BCUT2D eigenvalue weighted by atomic mass is 15.2. The normalized spacial score (nSPS) is 24.3. The van der Waals surface area contributed by atoms with Gasteiger partial charge in [-0.1, -0.05) is 13.8 Å². The zero-order valence-electron chi connectivity index (χ0n) is 8.52. The molecule has 1 aliphatic rings. The zero-order valence-corrected chi connectivity index (χ0v) is 8.52. The van der Waals surface area contributed by atoms with E-state index in [9.17, 15) is 0 Å². The molecule has 0 aromatic carbocycles. The Bertz CT molecular complexity index is 130. The average molecular weight is 155 g/mol. The second kappa shape index (κ2) is 2.78. The molecule has 0 saturated heterocycles. The van der Waals surface area contributed by atoms with Crippen LogP contribution in [0.1, 0.15) is 40.5 Å². The first-order valence-electron chi connectivity index (χ1n) is 4.64.